The highest BCUT2D eigenvalue weighted by atomic mass is 16.3. The van der Waals surface area contributed by atoms with Crippen LogP contribution < -0.4 is 11.1 Å². The van der Waals surface area contributed by atoms with Crippen molar-refractivity contribution in [2.24, 2.45) is 0 Å². The molecular weight excluding hydrogens is 208 g/mol. The summed E-state index contributed by atoms with van der Waals surface area (Å²) in [7, 11) is 0. The molecule has 0 radical (unpaired) electrons. The number of aromatic nitrogens is 2. The summed E-state index contributed by atoms with van der Waals surface area (Å²) in [5, 5.41) is 15.9. The molecule has 1 amide bonds. The maximum Gasteiger partial charge on any atom is 0.241 e. The Bertz CT molecular complexity index is 337. The largest absolute Gasteiger partial charge is 0.393 e. The molecule has 1 aromatic rings. The molecule has 0 spiro atoms. The topological polar surface area (TPSA) is 93.2 Å². The van der Waals surface area contributed by atoms with E-state index in [-0.39, 0.29) is 18.6 Å². The van der Waals surface area contributed by atoms with Crippen molar-refractivity contribution in [2.45, 2.75) is 32.4 Å². The van der Waals surface area contributed by atoms with E-state index in [2.05, 4.69) is 10.4 Å². The number of aliphatic hydroxyl groups excluding tert-OH is 1. The zero-order valence-electron chi connectivity index (χ0n) is 9.39. The fourth-order valence-corrected chi connectivity index (χ4v) is 1.25. The second-order valence-electron chi connectivity index (χ2n) is 3.64. The normalized spacial score (nSPS) is 12.4. The Morgan fingerprint density at radius 2 is 2.50 bits per heavy atom. The second-order valence-corrected chi connectivity index (χ2v) is 3.64. The third-order valence-electron chi connectivity index (χ3n) is 2.24. The van der Waals surface area contributed by atoms with Crippen LogP contribution in [0.4, 0.5) is 5.82 Å². The van der Waals surface area contributed by atoms with Gasteiger partial charge >= 0.3 is 0 Å². The standard InChI is InChI=1S/C10H18N4O2/c1-2-8(15)3-5-12-10(16)7-14-6-4-9(11)13-14/h4,6,8,15H,2-3,5,7H2,1H3,(H2,11,13)(H,12,16). The van der Waals surface area contributed by atoms with Gasteiger partial charge in [-0.3, -0.25) is 9.48 Å². The minimum atomic E-state index is -0.347. The number of carbonyl (C=O) groups excluding carboxylic acids is 1. The van der Waals surface area contributed by atoms with Crippen LogP contribution in [0.15, 0.2) is 12.3 Å². The van der Waals surface area contributed by atoms with Crippen molar-refractivity contribution in [1.29, 1.82) is 0 Å². The fourth-order valence-electron chi connectivity index (χ4n) is 1.25. The molecule has 0 bridgehead atoms. The van der Waals surface area contributed by atoms with E-state index in [1.54, 1.807) is 12.3 Å². The quantitative estimate of drug-likeness (QED) is 0.623. The molecule has 1 heterocycles. The number of carbonyl (C=O) groups is 1. The zero-order valence-corrected chi connectivity index (χ0v) is 9.39. The van der Waals surface area contributed by atoms with Crippen molar-refractivity contribution in [2.75, 3.05) is 12.3 Å². The number of nitrogen functional groups attached to an aromatic ring is 1. The summed E-state index contributed by atoms with van der Waals surface area (Å²) < 4.78 is 1.47. The predicted octanol–water partition coefficient (Wildman–Crippen LogP) is -0.257. The molecule has 0 aliphatic heterocycles. The smallest absolute Gasteiger partial charge is 0.241 e. The maximum absolute atomic E-state index is 11.4. The lowest BCUT2D eigenvalue weighted by molar-refractivity contribution is -0.121. The van der Waals surface area contributed by atoms with E-state index < -0.39 is 0 Å². The van der Waals surface area contributed by atoms with Gasteiger partial charge in [0.2, 0.25) is 5.91 Å². The fraction of sp³-hybridized carbons (Fsp3) is 0.600. The number of aliphatic hydroxyl groups is 1. The van der Waals surface area contributed by atoms with Crippen LogP contribution in [0, 0.1) is 0 Å². The molecule has 0 fully saturated rings. The van der Waals surface area contributed by atoms with Crippen molar-refractivity contribution in [1.82, 2.24) is 15.1 Å². The first-order valence-electron chi connectivity index (χ1n) is 5.35. The summed E-state index contributed by atoms with van der Waals surface area (Å²) in [6.45, 7) is 2.53. The second kappa shape index (κ2) is 6.12. The SMILES string of the molecule is CCC(O)CCNC(=O)Cn1ccc(N)n1. The van der Waals surface area contributed by atoms with Gasteiger partial charge in [0.05, 0.1) is 6.10 Å². The molecule has 4 N–H and O–H groups in total. The highest BCUT2D eigenvalue weighted by Gasteiger charge is 2.05. The van der Waals surface area contributed by atoms with Crippen LogP contribution in [0.3, 0.4) is 0 Å². The van der Waals surface area contributed by atoms with Gasteiger partial charge in [0, 0.05) is 12.7 Å². The summed E-state index contributed by atoms with van der Waals surface area (Å²) in [5.41, 5.74) is 5.42. The third kappa shape index (κ3) is 4.31. The van der Waals surface area contributed by atoms with E-state index >= 15 is 0 Å². The Kier molecular flexibility index (Phi) is 4.78. The van der Waals surface area contributed by atoms with E-state index in [0.29, 0.717) is 25.2 Å². The molecular formula is C10H18N4O2. The van der Waals surface area contributed by atoms with Gasteiger partial charge in [-0.2, -0.15) is 5.10 Å². The first-order valence-corrected chi connectivity index (χ1v) is 5.35. The van der Waals surface area contributed by atoms with Gasteiger partial charge in [-0.25, -0.2) is 0 Å². The van der Waals surface area contributed by atoms with Gasteiger partial charge in [-0.05, 0) is 18.9 Å². The first-order chi connectivity index (χ1) is 7.61. The number of rotatable bonds is 6. The molecule has 0 aliphatic carbocycles. The van der Waals surface area contributed by atoms with Crippen molar-refractivity contribution in [3.63, 3.8) is 0 Å². The highest BCUT2D eigenvalue weighted by Crippen LogP contribution is 1.96. The van der Waals surface area contributed by atoms with Crippen LogP contribution in [0.5, 0.6) is 0 Å². The number of nitrogens with one attached hydrogen (secondary N) is 1. The average molecular weight is 226 g/mol. The average Bonchev–Trinajstić information content (AvgIpc) is 2.63. The minimum Gasteiger partial charge on any atom is -0.393 e. The number of anilines is 1. The van der Waals surface area contributed by atoms with Crippen LogP contribution in [0.25, 0.3) is 0 Å². The van der Waals surface area contributed by atoms with Crippen LogP contribution in [0.1, 0.15) is 19.8 Å². The minimum absolute atomic E-state index is 0.133. The van der Waals surface area contributed by atoms with E-state index in [4.69, 9.17) is 5.73 Å². The molecule has 1 atom stereocenters. The Labute approximate surface area is 94.4 Å². The lowest BCUT2D eigenvalue weighted by Gasteiger charge is -2.08. The van der Waals surface area contributed by atoms with Crippen molar-refractivity contribution in [3.05, 3.63) is 12.3 Å². The lowest BCUT2D eigenvalue weighted by Crippen LogP contribution is -2.30. The zero-order chi connectivity index (χ0) is 12.0. The summed E-state index contributed by atoms with van der Waals surface area (Å²) >= 11 is 0. The third-order valence-corrected chi connectivity index (χ3v) is 2.24. The summed E-state index contributed by atoms with van der Waals surface area (Å²) in [5.74, 6) is 0.264. The molecule has 16 heavy (non-hydrogen) atoms. The molecule has 1 aromatic heterocycles. The van der Waals surface area contributed by atoms with Crippen LogP contribution in [-0.4, -0.2) is 33.4 Å². The Morgan fingerprint density at radius 1 is 1.75 bits per heavy atom. The van der Waals surface area contributed by atoms with Gasteiger partial charge in [-0.15, -0.1) is 0 Å². The summed E-state index contributed by atoms with van der Waals surface area (Å²) in [6, 6.07) is 1.63. The number of hydrogen-bond acceptors (Lipinski definition) is 4. The predicted molar refractivity (Wildman–Crippen MR) is 60.6 cm³/mol. The first kappa shape index (κ1) is 12.5. The van der Waals surface area contributed by atoms with Crippen LogP contribution >= 0.6 is 0 Å². The molecule has 0 aromatic carbocycles. The number of nitrogens with two attached hydrogens (primary N) is 1. The molecule has 1 rings (SSSR count). The molecule has 90 valence electrons. The number of hydrogen-bond donors (Lipinski definition) is 3. The highest BCUT2D eigenvalue weighted by molar-refractivity contribution is 5.75. The summed E-state index contributed by atoms with van der Waals surface area (Å²) in [4.78, 5) is 11.4. The maximum atomic E-state index is 11.4. The molecule has 0 saturated carbocycles. The van der Waals surface area contributed by atoms with E-state index in [1.165, 1.54) is 4.68 Å². The van der Waals surface area contributed by atoms with Gasteiger partial charge in [0.25, 0.3) is 0 Å². The molecule has 0 aliphatic rings. The van der Waals surface area contributed by atoms with Crippen molar-refractivity contribution in [3.8, 4) is 0 Å². The molecule has 0 saturated heterocycles. The van der Waals surface area contributed by atoms with Crippen LogP contribution in [0.2, 0.25) is 0 Å². The lowest BCUT2D eigenvalue weighted by atomic mass is 10.2. The number of nitrogens with zero attached hydrogens (tertiary/aromatic N) is 2. The molecule has 6 heteroatoms. The van der Waals surface area contributed by atoms with Crippen LogP contribution in [-0.2, 0) is 11.3 Å². The Morgan fingerprint density at radius 3 is 3.06 bits per heavy atom. The van der Waals surface area contributed by atoms with Gasteiger partial charge < -0.3 is 16.2 Å². The van der Waals surface area contributed by atoms with Gasteiger partial charge in [-0.1, -0.05) is 6.92 Å². The monoisotopic (exact) mass is 226 g/mol. The summed E-state index contributed by atoms with van der Waals surface area (Å²) in [6.07, 6.45) is 2.57. The molecule has 6 nitrogen and oxygen atoms in total. The number of amides is 1. The van der Waals surface area contributed by atoms with Gasteiger partial charge in [0.15, 0.2) is 0 Å². The molecule has 1 unspecified atom stereocenters. The van der Waals surface area contributed by atoms with Crippen molar-refractivity contribution >= 4 is 11.7 Å². The van der Waals surface area contributed by atoms with E-state index in [0.717, 1.165) is 0 Å². The van der Waals surface area contributed by atoms with E-state index in [1.807, 2.05) is 6.92 Å². The van der Waals surface area contributed by atoms with Gasteiger partial charge in [0.1, 0.15) is 12.4 Å². The van der Waals surface area contributed by atoms with Crippen molar-refractivity contribution < 1.29 is 9.90 Å². The Balaban J connectivity index is 2.21. The Hall–Kier alpha value is -1.56. The van der Waals surface area contributed by atoms with E-state index in [9.17, 15) is 9.90 Å².